The number of primary amides is 1. The lowest BCUT2D eigenvalue weighted by molar-refractivity contribution is -0.115. The Balaban J connectivity index is 2.10. The van der Waals surface area contributed by atoms with Crippen LogP contribution in [0.2, 0.25) is 0 Å². The zero-order valence-corrected chi connectivity index (χ0v) is 14.6. The van der Waals surface area contributed by atoms with Crippen molar-refractivity contribution in [3.05, 3.63) is 10.4 Å². The molecule has 1 aliphatic heterocycles. The van der Waals surface area contributed by atoms with Crippen molar-refractivity contribution in [2.75, 3.05) is 36.8 Å². The van der Waals surface area contributed by atoms with Crippen molar-refractivity contribution in [1.29, 1.82) is 0 Å². The third kappa shape index (κ3) is 2.98. The molecule has 0 aromatic carbocycles. The minimum absolute atomic E-state index is 0.0743. The molecule has 1 aliphatic rings. The van der Waals surface area contributed by atoms with E-state index in [4.69, 9.17) is 5.73 Å². The molecule has 3 heterocycles. The molecule has 130 valence electrons. The molecular weight excluding hydrogens is 330 g/mol. The Labute approximate surface area is 143 Å². The van der Waals surface area contributed by atoms with Crippen LogP contribution in [0.3, 0.4) is 0 Å². The third-order valence-corrected chi connectivity index (χ3v) is 5.04. The van der Waals surface area contributed by atoms with Crippen LogP contribution in [0.5, 0.6) is 0 Å². The summed E-state index contributed by atoms with van der Waals surface area (Å²) >= 11 is 1.15. The molecule has 1 saturated heterocycles. The molecule has 24 heavy (non-hydrogen) atoms. The zero-order valence-electron chi connectivity index (χ0n) is 13.8. The molecule has 0 radical (unpaired) electrons. The first kappa shape index (κ1) is 16.8. The van der Waals surface area contributed by atoms with Crippen molar-refractivity contribution in [2.45, 2.75) is 18.6 Å². The summed E-state index contributed by atoms with van der Waals surface area (Å²) in [6.07, 6.45) is 0. The number of fused-ring (bicyclic) bond motifs is 1. The maximum atomic E-state index is 12.8. The van der Waals surface area contributed by atoms with Crippen molar-refractivity contribution < 1.29 is 4.79 Å². The average Bonchev–Trinajstić information content (AvgIpc) is 2.96. The SMILES string of the molecule is CCn1c(N2CCNCC2)nc2nc(SCC(N)=O)n(C)c(=O)c21. The van der Waals surface area contributed by atoms with E-state index in [2.05, 4.69) is 20.2 Å². The molecule has 3 N–H and O–H groups in total. The highest BCUT2D eigenvalue weighted by molar-refractivity contribution is 7.99. The normalized spacial score (nSPS) is 15.2. The van der Waals surface area contributed by atoms with Crippen LogP contribution in [-0.2, 0) is 18.4 Å². The summed E-state index contributed by atoms with van der Waals surface area (Å²) in [5.41, 5.74) is 5.93. The summed E-state index contributed by atoms with van der Waals surface area (Å²) < 4.78 is 3.36. The number of aromatic nitrogens is 4. The Kier molecular flexibility index (Phi) is 4.76. The zero-order chi connectivity index (χ0) is 17.3. The number of nitrogens with one attached hydrogen (secondary N) is 1. The van der Waals surface area contributed by atoms with Crippen LogP contribution in [0.15, 0.2) is 9.95 Å². The number of nitrogens with two attached hydrogens (primary N) is 1. The molecule has 3 rings (SSSR count). The van der Waals surface area contributed by atoms with Gasteiger partial charge in [-0.3, -0.25) is 14.2 Å². The van der Waals surface area contributed by atoms with Gasteiger partial charge in [0.05, 0.1) is 5.75 Å². The maximum Gasteiger partial charge on any atom is 0.280 e. The Morgan fingerprint density at radius 2 is 2.04 bits per heavy atom. The first-order valence-electron chi connectivity index (χ1n) is 7.87. The predicted octanol–water partition coefficient (Wildman–Crippen LogP) is -0.863. The van der Waals surface area contributed by atoms with E-state index in [0.29, 0.717) is 22.9 Å². The number of thioether (sulfide) groups is 1. The molecular formula is C14H21N7O2S. The van der Waals surface area contributed by atoms with E-state index in [0.717, 1.165) is 43.9 Å². The topological polar surface area (TPSA) is 111 Å². The minimum Gasteiger partial charge on any atom is -0.369 e. The lowest BCUT2D eigenvalue weighted by Crippen LogP contribution is -2.44. The van der Waals surface area contributed by atoms with Gasteiger partial charge >= 0.3 is 0 Å². The Bertz CT molecular complexity index is 823. The number of imidazole rings is 1. The highest BCUT2D eigenvalue weighted by Crippen LogP contribution is 2.22. The maximum absolute atomic E-state index is 12.8. The molecule has 10 heteroatoms. The van der Waals surface area contributed by atoms with Crippen molar-refractivity contribution in [3.63, 3.8) is 0 Å². The summed E-state index contributed by atoms with van der Waals surface area (Å²) in [7, 11) is 1.65. The van der Waals surface area contributed by atoms with E-state index < -0.39 is 5.91 Å². The molecule has 2 aromatic rings. The van der Waals surface area contributed by atoms with E-state index >= 15 is 0 Å². The van der Waals surface area contributed by atoms with Crippen LogP contribution in [0, 0.1) is 0 Å². The molecule has 0 saturated carbocycles. The fraction of sp³-hybridized carbons (Fsp3) is 0.571. The highest BCUT2D eigenvalue weighted by atomic mass is 32.2. The third-order valence-electron chi connectivity index (χ3n) is 3.98. The van der Waals surface area contributed by atoms with Crippen LogP contribution in [0.4, 0.5) is 5.95 Å². The summed E-state index contributed by atoms with van der Waals surface area (Å²) in [4.78, 5) is 35.0. The molecule has 1 fully saturated rings. The second-order valence-electron chi connectivity index (χ2n) is 5.58. The van der Waals surface area contributed by atoms with Gasteiger partial charge in [0.1, 0.15) is 0 Å². The van der Waals surface area contributed by atoms with Crippen LogP contribution in [0.25, 0.3) is 11.2 Å². The van der Waals surface area contributed by atoms with Gasteiger partial charge < -0.3 is 20.5 Å². The molecule has 9 nitrogen and oxygen atoms in total. The average molecular weight is 351 g/mol. The van der Waals surface area contributed by atoms with Crippen molar-refractivity contribution in [2.24, 2.45) is 12.8 Å². The van der Waals surface area contributed by atoms with Crippen LogP contribution in [-0.4, -0.2) is 56.9 Å². The number of carbonyl (C=O) groups excluding carboxylic acids is 1. The van der Waals surface area contributed by atoms with Crippen molar-refractivity contribution in [1.82, 2.24) is 24.4 Å². The number of aryl methyl sites for hydroxylation is 1. The smallest absolute Gasteiger partial charge is 0.280 e. The summed E-state index contributed by atoms with van der Waals surface area (Å²) in [6.45, 7) is 6.08. The molecule has 2 aromatic heterocycles. The fourth-order valence-corrected chi connectivity index (χ4v) is 3.50. The molecule has 0 atom stereocenters. The molecule has 0 aliphatic carbocycles. The lowest BCUT2D eigenvalue weighted by Gasteiger charge is -2.28. The number of amides is 1. The lowest BCUT2D eigenvalue weighted by atomic mass is 10.4. The van der Waals surface area contributed by atoms with Gasteiger partial charge in [0.15, 0.2) is 16.3 Å². The molecule has 0 unspecified atom stereocenters. The van der Waals surface area contributed by atoms with E-state index in [1.807, 2.05) is 11.5 Å². The van der Waals surface area contributed by atoms with E-state index in [1.54, 1.807) is 7.05 Å². The second kappa shape index (κ2) is 6.81. The van der Waals surface area contributed by atoms with Gasteiger partial charge in [0, 0.05) is 39.8 Å². The van der Waals surface area contributed by atoms with E-state index in [-0.39, 0.29) is 11.3 Å². The number of hydrogen-bond donors (Lipinski definition) is 2. The second-order valence-corrected chi connectivity index (χ2v) is 6.52. The number of rotatable bonds is 5. The van der Waals surface area contributed by atoms with Gasteiger partial charge in [-0.05, 0) is 6.92 Å². The van der Waals surface area contributed by atoms with Crippen molar-refractivity contribution in [3.8, 4) is 0 Å². The molecule has 0 spiro atoms. The Morgan fingerprint density at radius 1 is 1.33 bits per heavy atom. The Hall–Kier alpha value is -2.07. The Morgan fingerprint density at radius 3 is 2.67 bits per heavy atom. The van der Waals surface area contributed by atoms with Crippen LogP contribution < -0.4 is 21.5 Å². The number of piperazine rings is 1. The minimum atomic E-state index is -0.449. The monoisotopic (exact) mass is 351 g/mol. The summed E-state index contributed by atoms with van der Waals surface area (Å²) in [5.74, 6) is 0.399. The van der Waals surface area contributed by atoms with Gasteiger partial charge in [-0.1, -0.05) is 11.8 Å². The number of carbonyl (C=O) groups is 1. The number of hydrogen-bond acceptors (Lipinski definition) is 7. The molecule has 1 amide bonds. The first-order valence-corrected chi connectivity index (χ1v) is 8.85. The standard InChI is InChI=1S/C14H21N7O2S/c1-3-21-10-11(17-13(21)20-6-4-16-5-7-20)18-14(19(2)12(10)23)24-8-9(15)22/h16H,3-8H2,1-2H3,(H2,15,22). The number of anilines is 1. The van der Waals surface area contributed by atoms with Gasteiger partial charge in [-0.25, -0.2) is 4.98 Å². The van der Waals surface area contributed by atoms with E-state index in [1.165, 1.54) is 4.57 Å². The van der Waals surface area contributed by atoms with Crippen LogP contribution >= 0.6 is 11.8 Å². The quantitative estimate of drug-likeness (QED) is 0.532. The fourth-order valence-electron chi connectivity index (χ4n) is 2.80. The highest BCUT2D eigenvalue weighted by Gasteiger charge is 2.22. The van der Waals surface area contributed by atoms with Gasteiger partial charge in [-0.15, -0.1) is 0 Å². The number of nitrogens with zero attached hydrogens (tertiary/aromatic N) is 5. The first-order chi connectivity index (χ1) is 11.5. The van der Waals surface area contributed by atoms with Gasteiger partial charge in [0.2, 0.25) is 11.9 Å². The van der Waals surface area contributed by atoms with Gasteiger partial charge in [0.25, 0.3) is 5.56 Å². The summed E-state index contributed by atoms with van der Waals surface area (Å²) in [5, 5.41) is 3.75. The summed E-state index contributed by atoms with van der Waals surface area (Å²) in [6, 6.07) is 0. The van der Waals surface area contributed by atoms with Gasteiger partial charge in [-0.2, -0.15) is 4.98 Å². The van der Waals surface area contributed by atoms with E-state index in [9.17, 15) is 9.59 Å². The molecule has 0 bridgehead atoms. The largest absolute Gasteiger partial charge is 0.369 e. The van der Waals surface area contributed by atoms with Crippen molar-refractivity contribution >= 4 is 34.8 Å². The predicted molar refractivity (Wildman–Crippen MR) is 93.4 cm³/mol. The van der Waals surface area contributed by atoms with Crippen LogP contribution in [0.1, 0.15) is 6.92 Å².